The fraction of sp³-hybridized carbons (Fsp3) is 0.562. The molecule has 0 saturated heterocycles. The molecule has 0 heterocycles. The third-order valence-electron chi connectivity index (χ3n) is 3.50. The molecule has 112 valence electrons. The molecule has 0 bridgehead atoms. The molecule has 0 aliphatic rings. The van der Waals surface area contributed by atoms with E-state index < -0.39 is 6.04 Å². The molecule has 0 saturated carbocycles. The van der Waals surface area contributed by atoms with Crippen molar-refractivity contribution in [1.82, 2.24) is 10.2 Å². The predicted octanol–water partition coefficient (Wildman–Crippen LogP) is 1.40. The Kier molecular flexibility index (Phi) is 7.26. The number of hydrogen-bond donors (Lipinski definition) is 2. The highest BCUT2D eigenvalue weighted by atomic mass is 16.2. The molecular formula is C16H27N3O. The van der Waals surface area contributed by atoms with E-state index in [1.807, 2.05) is 30.3 Å². The van der Waals surface area contributed by atoms with Crippen LogP contribution in [0.2, 0.25) is 0 Å². The van der Waals surface area contributed by atoms with E-state index in [9.17, 15) is 4.79 Å². The van der Waals surface area contributed by atoms with Gasteiger partial charge in [-0.15, -0.1) is 0 Å². The molecule has 0 fully saturated rings. The third kappa shape index (κ3) is 6.17. The van der Waals surface area contributed by atoms with Gasteiger partial charge < -0.3 is 16.0 Å². The number of carbonyl (C=O) groups is 1. The van der Waals surface area contributed by atoms with Crippen LogP contribution in [0.15, 0.2) is 30.3 Å². The van der Waals surface area contributed by atoms with E-state index in [-0.39, 0.29) is 5.91 Å². The molecule has 1 unspecified atom stereocenters. The SMILES string of the molecule is CC(C)N(C)CCCNC(=O)C(N)Cc1ccccc1. The first kappa shape index (κ1) is 16.7. The lowest BCUT2D eigenvalue weighted by molar-refractivity contribution is -0.122. The monoisotopic (exact) mass is 277 g/mol. The first-order valence-corrected chi connectivity index (χ1v) is 7.28. The Bertz CT molecular complexity index is 392. The molecule has 1 atom stereocenters. The van der Waals surface area contributed by atoms with Gasteiger partial charge in [-0.3, -0.25) is 4.79 Å². The van der Waals surface area contributed by atoms with E-state index in [0.29, 0.717) is 19.0 Å². The van der Waals surface area contributed by atoms with Crippen LogP contribution in [0, 0.1) is 0 Å². The van der Waals surface area contributed by atoms with Crippen molar-refractivity contribution in [3.63, 3.8) is 0 Å². The molecule has 0 aliphatic carbocycles. The van der Waals surface area contributed by atoms with Gasteiger partial charge in [0.1, 0.15) is 0 Å². The highest BCUT2D eigenvalue weighted by Crippen LogP contribution is 2.02. The maximum Gasteiger partial charge on any atom is 0.237 e. The van der Waals surface area contributed by atoms with Crippen LogP contribution in [0.5, 0.6) is 0 Å². The summed E-state index contributed by atoms with van der Waals surface area (Å²) in [5.41, 5.74) is 7.01. The molecule has 4 nitrogen and oxygen atoms in total. The number of hydrogen-bond acceptors (Lipinski definition) is 3. The zero-order chi connectivity index (χ0) is 15.0. The summed E-state index contributed by atoms with van der Waals surface area (Å²) in [5.74, 6) is -0.0685. The lowest BCUT2D eigenvalue weighted by atomic mass is 10.1. The summed E-state index contributed by atoms with van der Waals surface area (Å²) in [6, 6.07) is 9.92. The number of nitrogens with one attached hydrogen (secondary N) is 1. The van der Waals surface area contributed by atoms with Crippen LogP contribution >= 0.6 is 0 Å². The Balaban J connectivity index is 2.22. The van der Waals surface area contributed by atoms with E-state index in [1.165, 1.54) is 0 Å². The van der Waals surface area contributed by atoms with Crippen LogP contribution in [0.4, 0.5) is 0 Å². The van der Waals surface area contributed by atoms with Crippen molar-refractivity contribution in [3.05, 3.63) is 35.9 Å². The number of benzene rings is 1. The first-order chi connectivity index (χ1) is 9.50. The molecule has 0 aromatic heterocycles. The lowest BCUT2D eigenvalue weighted by Crippen LogP contribution is -2.43. The zero-order valence-corrected chi connectivity index (χ0v) is 12.8. The summed E-state index contributed by atoms with van der Waals surface area (Å²) in [5, 5.41) is 2.91. The molecule has 20 heavy (non-hydrogen) atoms. The summed E-state index contributed by atoms with van der Waals surface area (Å²) in [6.45, 7) is 5.98. The molecule has 4 heteroatoms. The summed E-state index contributed by atoms with van der Waals surface area (Å²) < 4.78 is 0. The Morgan fingerprint density at radius 3 is 2.55 bits per heavy atom. The van der Waals surface area contributed by atoms with Crippen LogP contribution in [0.1, 0.15) is 25.8 Å². The number of amides is 1. The van der Waals surface area contributed by atoms with Crippen molar-refractivity contribution in [2.24, 2.45) is 5.73 Å². The Morgan fingerprint density at radius 2 is 1.95 bits per heavy atom. The van der Waals surface area contributed by atoms with Crippen LogP contribution in [-0.2, 0) is 11.2 Å². The summed E-state index contributed by atoms with van der Waals surface area (Å²) >= 11 is 0. The normalized spacial score (nSPS) is 12.7. The fourth-order valence-corrected chi connectivity index (χ4v) is 1.89. The maximum absolute atomic E-state index is 11.9. The fourth-order valence-electron chi connectivity index (χ4n) is 1.89. The van der Waals surface area contributed by atoms with Crippen molar-refractivity contribution in [2.75, 3.05) is 20.1 Å². The molecule has 1 amide bonds. The van der Waals surface area contributed by atoms with Gasteiger partial charge in [0.2, 0.25) is 5.91 Å². The number of carbonyl (C=O) groups excluding carboxylic acids is 1. The van der Waals surface area contributed by atoms with Crippen LogP contribution in [0.3, 0.4) is 0 Å². The largest absolute Gasteiger partial charge is 0.355 e. The van der Waals surface area contributed by atoms with Gasteiger partial charge in [-0.25, -0.2) is 0 Å². The van der Waals surface area contributed by atoms with E-state index in [2.05, 4.69) is 31.1 Å². The minimum Gasteiger partial charge on any atom is -0.355 e. The van der Waals surface area contributed by atoms with Gasteiger partial charge in [0.05, 0.1) is 6.04 Å². The van der Waals surface area contributed by atoms with Crippen molar-refractivity contribution in [3.8, 4) is 0 Å². The Hall–Kier alpha value is -1.39. The highest BCUT2D eigenvalue weighted by molar-refractivity contribution is 5.81. The van der Waals surface area contributed by atoms with E-state index in [1.54, 1.807) is 0 Å². The topological polar surface area (TPSA) is 58.4 Å². The molecule has 0 spiro atoms. The van der Waals surface area contributed by atoms with Crippen LogP contribution in [-0.4, -0.2) is 43.0 Å². The van der Waals surface area contributed by atoms with Gasteiger partial charge in [-0.05, 0) is 45.8 Å². The Labute approximate surface area is 122 Å². The summed E-state index contributed by atoms with van der Waals surface area (Å²) in [7, 11) is 2.09. The summed E-state index contributed by atoms with van der Waals surface area (Å²) in [6.07, 6.45) is 1.52. The van der Waals surface area contributed by atoms with E-state index in [4.69, 9.17) is 5.73 Å². The maximum atomic E-state index is 11.9. The van der Waals surface area contributed by atoms with Crippen LogP contribution < -0.4 is 11.1 Å². The second-order valence-electron chi connectivity index (χ2n) is 5.52. The summed E-state index contributed by atoms with van der Waals surface area (Å²) in [4.78, 5) is 14.1. The molecule has 0 aliphatic heterocycles. The second kappa shape index (κ2) is 8.72. The average Bonchev–Trinajstić information content (AvgIpc) is 2.43. The van der Waals surface area contributed by atoms with Crippen molar-refractivity contribution < 1.29 is 4.79 Å². The van der Waals surface area contributed by atoms with Gasteiger partial charge in [0.25, 0.3) is 0 Å². The average molecular weight is 277 g/mol. The molecule has 3 N–H and O–H groups in total. The van der Waals surface area contributed by atoms with Gasteiger partial charge in [-0.1, -0.05) is 30.3 Å². The lowest BCUT2D eigenvalue weighted by Gasteiger charge is -2.21. The minimum atomic E-state index is -0.472. The van der Waals surface area contributed by atoms with Gasteiger partial charge in [0, 0.05) is 12.6 Å². The zero-order valence-electron chi connectivity index (χ0n) is 12.8. The predicted molar refractivity (Wildman–Crippen MR) is 83.5 cm³/mol. The second-order valence-corrected chi connectivity index (χ2v) is 5.52. The quantitative estimate of drug-likeness (QED) is 0.706. The minimum absolute atomic E-state index is 0.0685. The van der Waals surface area contributed by atoms with Gasteiger partial charge in [0.15, 0.2) is 0 Å². The van der Waals surface area contributed by atoms with Gasteiger partial charge in [-0.2, -0.15) is 0 Å². The number of nitrogens with two attached hydrogens (primary N) is 1. The standard InChI is InChI=1S/C16H27N3O/c1-13(2)19(3)11-7-10-18-16(20)15(17)12-14-8-5-4-6-9-14/h4-6,8-9,13,15H,7,10-12,17H2,1-3H3,(H,18,20). The molecule has 1 rings (SSSR count). The van der Waals surface area contributed by atoms with E-state index in [0.717, 1.165) is 18.5 Å². The third-order valence-corrected chi connectivity index (χ3v) is 3.50. The molecule has 0 radical (unpaired) electrons. The van der Waals surface area contributed by atoms with Gasteiger partial charge >= 0.3 is 0 Å². The highest BCUT2D eigenvalue weighted by Gasteiger charge is 2.13. The van der Waals surface area contributed by atoms with Crippen molar-refractivity contribution in [1.29, 1.82) is 0 Å². The number of rotatable bonds is 8. The van der Waals surface area contributed by atoms with E-state index >= 15 is 0 Å². The first-order valence-electron chi connectivity index (χ1n) is 7.28. The number of nitrogens with zero attached hydrogens (tertiary/aromatic N) is 1. The molecule has 1 aromatic rings. The van der Waals surface area contributed by atoms with Crippen molar-refractivity contribution in [2.45, 2.75) is 38.8 Å². The Morgan fingerprint density at radius 1 is 1.30 bits per heavy atom. The molecule has 1 aromatic carbocycles. The van der Waals surface area contributed by atoms with Crippen molar-refractivity contribution >= 4 is 5.91 Å². The molecular weight excluding hydrogens is 250 g/mol. The van der Waals surface area contributed by atoms with Crippen LogP contribution in [0.25, 0.3) is 0 Å². The smallest absolute Gasteiger partial charge is 0.237 e.